The normalized spacial score (nSPS) is 14.1. The summed E-state index contributed by atoms with van der Waals surface area (Å²) in [6, 6.07) is 1.45. The van der Waals surface area contributed by atoms with Gasteiger partial charge in [-0.15, -0.1) is 11.3 Å². The highest BCUT2D eigenvalue weighted by Gasteiger charge is 2.19. The lowest BCUT2D eigenvalue weighted by Gasteiger charge is -2.10. The summed E-state index contributed by atoms with van der Waals surface area (Å²) in [5, 5.41) is 0. The van der Waals surface area contributed by atoms with E-state index in [4.69, 9.17) is 5.73 Å². The van der Waals surface area contributed by atoms with Crippen molar-refractivity contribution in [1.82, 2.24) is 4.72 Å². The Morgan fingerprint density at radius 1 is 1.53 bits per heavy atom. The Labute approximate surface area is 94.5 Å². The third kappa shape index (κ3) is 3.01. The van der Waals surface area contributed by atoms with Crippen LogP contribution in [0.3, 0.4) is 0 Å². The van der Waals surface area contributed by atoms with E-state index in [-0.39, 0.29) is 6.04 Å². The minimum atomic E-state index is -3.38. The number of rotatable bonds is 4. The second-order valence-corrected chi connectivity index (χ2v) is 6.76. The molecule has 0 radical (unpaired) electrons. The van der Waals surface area contributed by atoms with Crippen LogP contribution < -0.4 is 10.5 Å². The van der Waals surface area contributed by atoms with Crippen molar-refractivity contribution in [3.63, 3.8) is 0 Å². The van der Waals surface area contributed by atoms with E-state index in [2.05, 4.69) is 4.72 Å². The fraction of sp³-hybridized carbons (Fsp3) is 0.556. The highest BCUT2D eigenvalue weighted by molar-refractivity contribution is 7.91. The third-order valence-corrected chi connectivity index (χ3v) is 5.33. The number of hydrogen-bond donors (Lipinski definition) is 2. The first-order valence-electron chi connectivity index (χ1n) is 4.66. The lowest BCUT2D eigenvalue weighted by molar-refractivity contribution is 0.564. The van der Waals surface area contributed by atoms with Crippen LogP contribution in [0.1, 0.15) is 17.4 Å². The second kappa shape index (κ2) is 4.61. The molecule has 0 aromatic carbocycles. The largest absolute Gasteiger partial charge is 0.329 e. The number of sulfonamides is 1. The van der Waals surface area contributed by atoms with Crippen LogP contribution in [0.2, 0.25) is 0 Å². The van der Waals surface area contributed by atoms with Crippen molar-refractivity contribution in [3.8, 4) is 0 Å². The molecule has 15 heavy (non-hydrogen) atoms. The molecule has 1 aromatic rings. The van der Waals surface area contributed by atoms with Crippen LogP contribution >= 0.6 is 11.3 Å². The summed E-state index contributed by atoms with van der Waals surface area (Å²) in [7, 11) is -3.38. The number of thiophene rings is 1. The van der Waals surface area contributed by atoms with Gasteiger partial charge in [0, 0.05) is 17.5 Å². The second-order valence-electron chi connectivity index (χ2n) is 3.56. The first-order valence-corrected chi connectivity index (χ1v) is 6.96. The van der Waals surface area contributed by atoms with Crippen LogP contribution in [0.15, 0.2) is 10.3 Å². The molecule has 0 fully saturated rings. The summed E-state index contributed by atoms with van der Waals surface area (Å²) in [5.74, 6) is 0. The molecule has 1 rings (SSSR count). The van der Waals surface area contributed by atoms with E-state index in [1.165, 1.54) is 11.3 Å². The quantitative estimate of drug-likeness (QED) is 0.834. The number of hydrogen-bond acceptors (Lipinski definition) is 4. The highest BCUT2D eigenvalue weighted by Crippen LogP contribution is 2.24. The van der Waals surface area contributed by atoms with Crippen LogP contribution in [-0.2, 0) is 10.0 Å². The first kappa shape index (κ1) is 12.6. The van der Waals surface area contributed by atoms with E-state index in [1.54, 1.807) is 13.0 Å². The zero-order chi connectivity index (χ0) is 11.6. The minimum absolute atomic E-state index is 0.238. The van der Waals surface area contributed by atoms with Crippen LogP contribution in [0.5, 0.6) is 0 Å². The zero-order valence-corrected chi connectivity index (χ0v) is 10.7. The van der Waals surface area contributed by atoms with Crippen molar-refractivity contribution in [3.05, 3.63) is 16.5 Å². The maximum absolute atomic E-state index is 11.8. The van der Waals surface area contributed by atoms with Gasteiger partial charge in [-0.3, -0.25) is 0 Å². The van der Waals surface area contributed by atoms with Gasteiger partial charge in [0.1, 0.15) is 4.21 Å². The van der Waals surface area contributed by atoms with Crippen LogP contribution in [0.25, 0.3) is 0 Å². The Balaban J connectivity index is 2.96. The van der Waals surface area contributed by atoms with E-state index in [9.17, 15) is 8.42 Å². The van der Waals surface area contributed by atoms with Crippen molar-refractivity contribution in [2.45, 2.75) is 31.0 Å². The molecule has 1 aromatic heterocycles. The number of nitrogens with two attached hydrogens (primary N) is 1. The molecule has 4 nitrogen and oxygen atoms in total. The average Bonchev–Trinajstić information content (AvgIpc) is 2.47. The molecule has 0 aliphatic rings. The van der Waals surface area contributed by atoms with Gasteiger partial charge in [-0.25, -0.2) is 13.1 Å². The van der Waals surface area contributed by atoms with Gasteiger partial charge in [0.2, 0.25) is 10.0 Å². The van der Waals surface area contributed by atoms with E-state index in [1.807, 2.05) is 13.8 Å². The monoisotopic (exact) mass is 248 g/mol. The molecule has 0 aliphatic heterocycles. The van der Waals surface area contributed by atoms with Crippen LogP contribution in [0.4, 0.5) is 0 Å². The molecular formula is C9H16N2O2S2. The van der Waals surface area contributed by atoms with E-state index in [0.29, 0.717) is 10.8 Å². The lowest BCUT2D eigenvalue weighted by atomic mass is 10.3. The first-order chi connectivity index (χ1) is 6.86. The summed E-state index contributed by atoms with van der Waals surface area (Å²) in [4.78, 5) is 1.02. The van der Waals surface area contributed by atoms with E-state index >= 15 is 0 Å². The topological polar surface area (TPSA) is 72.2 Å². The molecule has 0 saturated heterocycles. The van der Waals surface area contributed by atoms with Crippen molar-refractivity contribution >= 4 is 21.4 Å². The van der Waals surface area contributed by atoms with Crippen molar-refractivity contribution in [2.24, 2.45) is 5.73 Å². The Hall–Kier alpha value is -0.430. The molecule has 0 spiro atoms. The summed E-state index contributed by atoms with van der Waals surface area (Å²) in [5.41, 5.74) is 6.37. The predicted molar refractivity (Wildman–Crippen MR) is 62.6 cm³/mol. The Kier molecular flexibility index (Phi) is 3.88. The van der Waals surface area contributed by atoms with Gasteiger partial charge in [-0.05, 0) is 32.4 Å². The van der Waals surface area contributed by atoms with Gasteiger partial charge in [-0.1, -0.05) is 0 Å². The predicted octanol–water partition coefficient (Wildman–Crippen LogP) is 0.990. The maximum atomic E-state index is 11.8. The van der Waals surface area contributed by atoms with Gasteiger partial charge in [0.15, 0.2) is 0 Å². The van der Waals surface area contributed by atoms with Crippen molar-refractivity contribution < 1.29 is 8.42 Å². The SMILES string of the molecule is Cc1cc(S(=O)(=O)N[C@@H](C)CN)sc1C. The maximum Gasteiger partial charge on any atom is 0.250 e. The average molecular weight is 248 g/mol. The Morgan fingerprint density at radius 2 is 2.13 bits per heavy atom. The van der Waals surface area contributed by atoms with Gasteiger partial charge in [0.25, 0.3) is 0 Å². The van der Waals surface area contributed by atoms with Gasteiger partial charge >= 0.3 is 0 Å². The van der Waals surface area contributed by atoms with Crippen molar-refractivity contribution in [1.29, 1.82) is 0 Å². The summed E-state index contributed by atoms with van der Waals surface area (Å²) < 4.78 is 26.5. The molecule has 3 N–H and O–H groups in total. The third-order valence-electron chi connectivity index (χ3n) is 2.12. The molecule has 0 unspecified atom stereocenters. The minimum Gasteiger partial charge on any atom is -0.329 e. The molecule has 86 valence electrons. The lowest BCUT2D eigenvalue weighted by Crippen LogP contribution is -2.37. The van der Waals surface area contributed by atoms with Crippen molar-refractivity contribution in [2.75, 3.05) is 6.54 Å². The number of nitrogens with one attached hydrogen (secondary N) is 1. The molecule has 0 saturated carbocycles. The van der Waals surface area contributed by atoms with Gasteiger partial charge in [0.05, 0.1) is 0 Å². The van der Waals surface area contributed by atoms with Gasteiger partial charge in [-0.2, -0.15) is 0 Å². The standard InChI is InChI=1S/C9H16N2O2S2/c1-6-4-9(14-8(6)3)15(12,13)11-7(2)5-10/h4,7,11H,5,10H2,1-3H3/t7-/m0/s1. The molecule has 1 atom stereocenters. The Bertz CT molecular complexity index is 417. The molecule has 6 heteroatoms. The smallest absolute Gasteiger partial charge is 0.250 e. The number of aryl methyl sites for hydroxylation is 2. The summed E-state index contributed by atoms with van der Waals surface area (Å²) >= 11 is 1.28. The van der Waals surface area contributed by atoms with E-state index < -0.39 is 10.0 Å². The molecular weight excluding hydrogens is 232 g/mol. The fourth-order valence-electron chi connectivity index (χ4n) is 1.04. The zero-order valence-electron chi connectivity index (χ0n) is 9.07. The van der Waals surface area contributed by atoms with Crippen LogP contribution in [-0.4, -0.2) is 21.0 Å². The van der Waals surface area contributed by atoms with Gasteiger partial charge < -0.3 is 5.73 Å². The summed E-state index contributed by atoms with van der Waals surface area (Å²) in [6.07, 6.45) is 0. The van der Waals surface area contributed by atoms with Crippen LogP contribution in [0, 0.1) is 13.8 Å². The molecule has 1 heterocycles. The highest BCUT2D eigenvalue weighted by atomic mass is 32.2. The Morgan fingerprint density at radius 3 is 2.53 bits per heavy atom. The van der Waals surface area contributed by atoms with E-state index in [0.717, 1.165) is 10.4 Å². The molecule has 0 amide bonds. The molecule has 0 aliphatic carbocycles. The summed E-state index contributed by atoms with van der Waals surface area (Å²) in [6.45, 7) is 5.84. The fourth-order valence-corrected chi connectivity index (χ4v) is 3.83. The molecule has 0 bridgehead atoms.